The smallest absolute Gasteiger partial charge is 0.291 e. The first kappa shape index (κ1) is 22.6. The molecule has 154 valence electrons. The Balaban J connectivity index is 0.00000101. The number of hydrogen-bond donors (Lipinski definition) is 3. The van der Waals surface area contributed by atoms with Crippen LogP contribution in [-0.4, -0.2) is 29.3 Å². The minimum absolute atomic E-state index is 0.199. The number of anilines is 2. The van der Waals surface area contributed by atoms with Crippen molar-refractivity contribution in [2.45, 2.75) is 6.92 Å². The maximum Gasteiger partial charge on any atom is 0.291 e. The van der Waals surface area contributed by atoms with E-state index in [1.165, 1.54) is 18.5 Å². The quantitative estimate of drug-likeness (QED) is 0.556. The number of benzene rings is 1. The lowest BCUT2D eigenvalue weighted by atomic mass is 10.1. The lowest BCUT2D eigenvalue weighted by Crippen LogP contribution is -2.12. The first-order valence-corrected chi connectivity index (χ1v) is 10.4. The molecule has 8 heteroatoms. The second-order valence-electron chi connectivity index (χ2n) is 6.15. The number of furan rings is 1. The molecule has 0 bridgehead atoms. The third kappa shape index (κ3) is 6.15. The third-order valence-corrected chi connectivity index (χ3v) is 3.73. The van der Waals surface area contributed by atoms with E-state index in [1.807, 2.05) is 12.5 Å². The molecule has 2 heterocycles. The monoisotopic (exact) mass is 422 g/mol. The Morgan fingerprint density at radius 3 is 2.53 bits per heavy atom. The van der Waals surface area contributed by atoms with Crippen molar-refractivity contribution < 1.29 is 14.0 Å². The molecule has 0 fully saturated rings. The van der Waals surface area contributed by atoms with Crippen molar-refractivity contribution in [1.29, 1.82) is 0 Å². The number of carbonyl (C=O) groups excluding carboxylic acids is 2. The summed E-state index contributed by atoms with van der Waals surface area (Å²) in [5.74, 6) is 5.30. The number of rotatable bonds is 3. The van der Waals surface area contributed by atoms with Gasteiger partial charge in [-0.25, -0.2) is 4.98 Å². The van der Waals surface area contributed by atoms with Crippen LogP contribution in [-0.2, 0) is 0 Å². The molecule has 0 atom stereocenters. The van der Waals surface area contributed by atoms with Crippen molar-refractivity contribution in [1.82, 2.24) is 4.98 Å². The topological polar surface area (TPSA) is 124 Å². The molecule has 3 aromatic rings. The summed E-state index contributed by atoms with van der Waals surface area (Å²) < 4.78 is 5.18. The highest BCUT2D eigenvalue weighted by Gasteiger charge is 2.12. The molecule has 0 aliphatic heterocycles. The molecule has 1 aromatic carbocycles. The van der Waals surface area contributed by atoms with Gasteiger partial charge in [-0.15, -0.1) is 0 Å². The zero-order chi connectivity index (χ0) is 22.1. The number of aryl methyl sites for hydroxylation is 1. The predicted molar refractivity (Wildman–Crippen MR) is 120 cm³/mol. The van der Waals surface area contributed by atoms with Gasteiger partial charge in [0.15, 0.2) is 5.76 Å². The van der Waals surface area contributed by atoms with Gasteiger partial charge in [-0.3, -0.25) is 9.59 Å². The van der Waals surface area contributed by atoms with Crippen molar-refractivity contribution in [3.63, 3.8) is 0 Å². The summed E-state index contributed by atoms with van der Waals surface area (Å²) in [5.41, 5.74) is 13.6. The van der Waals surface area contributed by atoms with Gasteiger partial charge in [0.1, 0.15) is 5.82 Å². The van der Waals surface area contributed by atoms with E-state index in [-0.39, 0.29) is 23.0 Å². The Hall–Kier alpha value is -3.70. The van der Waals surface area contributed by atoms with Crippen LogP contribution in [0.25, 0.3) is 0 Å². The molecule has 0 saturated carbocycles. The maximum atomic E-state index is 12.2. The third-order valence-electron chi connectivity index (χ3n) is 3.73. The predicted octanol–water partition coefficient (Wildman–Crippen LogP) is 3.30. The van der Waals surface area contributed by atoms with E-state index in [2.05, 4.69) is 22.1 Å². The molecule has 7 nitrogen and oxygen atoms in total. The number of primary amides is 1. The average molecular weight is 423 g/mol. The van der Waals surface area contributed by atoms with Crippen LogP contribution < -0.4 is 16.8 Å². The second-order valence-corrected chi connectivity index (χ2v) is 6.96. The highest BCUT2D eigenvalue weighted by atomic mass is 32.2. The fraction of sp³-hybridized carbons (Fsp3) is 0.136. The Kier molecular flexibility index (Phi) is 8.08. The van der Waals surface area contributed by atoms with Gasteiger partial charge in [-0.1, -0.05) is 17.9 Å². The summed E-state index contributed by atoms with van der Waals surface area (Å²) >= 11 is 1.75. The number of aromatic nitrogens is 1. The highest BCUT2D eigenvalue weighted by molar-refractivity contribution is 7.97. The van der Waals surface area contributed by atoms with E-state index in [1.54, 1.807) is 49.0 Å². The number of nitrogens with two attached hydrogens (primary N) is 2. The number of pyridine rings is 1. The molecule has 0 radical (unpaired) electrons. The maximum absolute atomic E-state index is 12.2. The fourth-order valence-electron chi connectivity index (χ4n) is 2.32. The lowest BCUT2D eigenvalue weighted by molar-refractivity contribution is 0.0989. The first-order valence-electron chi connectivity index (χ1n) is 8.78. The van der Waals surface area contributed by atoms with Gasteiger partial charge >= 0.3 is 0 Å². The molecule has 0 spiro atoms. The molecule has 3 rings (SSSR count). The minimum atomic E-state index is -0.608. The Morgan fingerprint density at radius 1 is 1.17 bits per heavy atom. The molecule has 5 N–H and O–H groups in total. The largest absolute Gasteiger partial charge is 0.459 e. The van der Waals surface area contributed by atoms with E-state index in [9.17, 15) is 9.59 Å². The first-order chi connectivity index (χ1) is 14.3. The van der Waals surface area contributed by atoms with E-state index in [0.29, 0.717) is 16.8 Å². The van der Waals surface area contributed by atoms with Gasteiger partial charge in [0.25, 0.3) is 5.91 Å². The Labute approximate surface area is 179 Å². The van der Waals surface area contributed by atoms with Gasteiger partial charge < -0.3 is 21.2 Å². The van der Waals surface area contributed by atoms with Crippen LogP contribution in [0.4, 0.5) is 11.5 Å². The summed E-state index contributed by atoms with van der Waals surface area (Å²) in [6.45, 7) is 1.79. The Morgan fingerprint density at radius 2 is 1.90 bits per heavy atom. The van der Waals surface area contributed by atoms with Crippen LogP contribution in [0.5, 0.6) is 0 Å². The highest BCUT2D eigenvalue weighted by Crippen LogP contribution is 2.15. The van der Waals surface area contributed by atoms with Gasteiger partial charge in [0.2, 0.25) is 5.91 Å². The molecular weight excluding hydrogens is 400 g/mol. The zero-order valence-electron chi connectivity index (χ0n) is 16.9. The van der Waals surface area contributed by atoms with Crippen LogP contribution in [0.15, 0.2) is 53.3 Å². The summed E-state index contributed by atoms with van der Waals surface area (Å²) in [4.78, 5) is 27.4. The van der Waals surface area contributed by atoms with Crippen molar-refractivity contribution in [3.8, 4) is 11.8 Å². The summed E-state index contributed by atoms with van der Waals surface area (Å²) in [5, 5.41) is 2.76. The number of thioether (sulfide) groups is 1. The number of nitrogen functional groups attached to an aromatic ring is 1. The van der Waals surface area contributed by atoms with Crippen LogP contribution >= 0.6 is 11.8 Å². The van der Waals surface area contributed by atoms with Crippen LogP contribution in [0.3, 0.4) is 0 Å². The van der Waals surface area contributed by atoms with Gasteiger partial charge in [0, 0.05) is 23.0 Å². The van der Waals surface area contributed by atoms with Crippen molar-refractivity contribution in [2.75, 3.05) is 23.6 Å². The Bertz CT molecular complexity index is 1110. The summed E-state index contributed by atoms with van der Waals surface area (Å²) in [6.07, 6.45) is 6.85. The molecule has 0 saturated heterocycles. The standard InChI is InChI=1S/C20H16N4O3.C2H6S/c1-12-7-8-27-17(12)20(26)24-16-4-2-3-13(9-16)5-6-14-10-15(19(22)25)11-23-18(14)21;1-3-2/h2-4,7-11H,1H3,(H2,21,23)(H2,22,25)(H,24,26);1-2H3. The zero-order valence-corrected chi connectivity index (χ0v) is 17.7. The van der Waals surface area contributed by atoms with Crippen molar-refractivity contribution >= 4 is 35.1 Å². The van der Waals surface area contributed by atoms with Crippen LogP contribution in [0, 0.1) is 18.8 Å². The van der Waals surface area contributed by atoms with Crippen LogP contribution in [0.1, 0.15) is 37.6 Å². The molecular formula is C22H22N4O3S. The molecule has 0 aliphatic carbocycles. The normalized spacial score (nSPS) is 9.57. The van der Waals surface area contributed by atoms with E-state index in [0.717, 1.165) is 5.56 Å². The number of carbonyl (C=O) groups is 2. The van der Waals surface area contributed by atoms with E-state index < -0.39 is 5.91 Å². The molecule has 2 amide bonds. The average Bonchev–Trinajstić information content (AvgIpc) is 3.14. The molecule has 0 aliphatic rings. The van der Waals surface area contributed by atoms with Gasteiger partial charge in [0.05, 0.1) is 17.4 Å². The van der Waals surface area contributed by atoms with E-state index in [4.69, 9.17) is 15.9 Å². The van der Waals surface area contributed by atoms with E-state index >= 15 is 0 Å². The SMILES string of the molecule is CSC.Cc1ccoc1C(=O)Nc1cccc(C#Cc2cc(C(N)=O)cnc2N)c1. The minimum Gasteiger partial charge on any atom is -0.459 e. The second kappa shape index (κ2) is 10.7. The van der Waals surface area contributed by atoms with Crippen LogP contribution in [0.2, 0.25) is 0 Å². The summed E-state index contributed by atoms with van der Waals surface area (Å²) in [7, 11) is 0. The molecule has 2 aromatic heterocycles. The molecule has 30 heavy (non-hydrogen) atoms. The lowest BCUT2D eigenvalue weighted by Gasteiger charge is -2.04. The van der Waals surface area contributed by atoms with Crippen molar-refractivity contribution in [2.24, 2.45) is 5.73 Å². The number of nitrogens with one attached hydrogen (secondary N) is 1. The fourth-order valence-corrected chi connectivity index (χ4v) is 2.32. The number of hydrogen-bond acceptors (Lipinski definition) is 6. The molecule has 0 unspecified atom stereocenters. The van der Waals surface area contributed by atoms with Gasteiger partial charge in [-0.2, -0.15) is 11.8 Å². The van der Waals surface area contributed by atoms with Gasteiger partial charge in [-0.05, 0) is 49.8 Å². The number of nitrogens with zero attached hydrogens (tertiary/aromatic N) is 1. The number of amides is 2. The van der Waals surface area contributed by atoms with Crippen molar-refractivity contribution in [3.05, 3.63) is 76.9 Å². The summed E-state index contributed by atoms with van der Waals surface area (Å²) in [6, 6.07) is 10.2.